The number of nitrogens with two attached hydrogens (primary N) is 1. The molecule has 0 radical (unpaired) electrons. The average Bonchev–Trinajstić information content (AvgIpc) is 2.56. The Bertz CT molecular complexity index is 323. The first kappa shape index (κ1) is 9.70. The van der Waals surface area contributed by atoms with E-state index in [0.717, 1.165) is 0 Å². The fourth-order valence-electron chi connectivity index (χ4n) is 1.21. The molecular formula is C8H11N3O2S. The van der Waals surface area contributed by atoms with Gasteiger partial charge in [-0.25, -0.2) is 9.97 Å². The topological polar surface area (TPSA) is 81.3 Å². The number of aliphatic hydroxyl groups is 1. The largest absolute Gasteiger partial charge is 0.389 e. The second kappa shape index (κ2) is 4.12. The van der Waals surface area contributed by atoms with Crippen LogP contribution in [0.25, 0.3) is 0 Å². The highest BCUT2D eigenvalue weighted by Gasteiger charge is 2.28. The third-order valence-corrected chi connectivity index (χ3v) is 3.24. The quantitative estimate of drug-likeness (QED) is 0.714. The molecule has 0 aliphatic carbocycles. The first-order valence-electron chi connectivity index (χ1n) is 4.26. The molecule has 6 heteroatoms. The molecule has 1 fully saturated rings. The minimum atomic E-state index is -0.443. The summed E-state index contributed by atoms with van der Waals surface area (Å²) < 4.78 is 5.12. The summed E-state index contributed by atoms with van der Waals surface area (Å²) in [7, 11) is 0. The average molecular weight is 213 g/mol. The Balaban J connectivity index is 2.07. The lowest BCUT2D eigenvalue weighted by Gasteiger charge is -2.11. The van der Waals surface area contributed by atoms with Crippen molar-refractivity contribution in [3.63, 3.8) is 0 Å². The van der Waals surface area contributed by atoms with Gasteiger partial charge in [-0.15, -0.1) is 0 Å². The van der Waals surface area contributed by atoms with Gasteiger partial charge in [0.2, 0.25) is 0 Å². The molecule has 1 saturated heterocycles. The zero-order valence-electron chi connectivity index (χ0n) is 7.46. The summed E-state index contributed by atoms with van der Waals surface area (Å²) in [5.41, 5.74) is 5.63. The molecule has 1 aromatic rings. The van der Waals surface area contributed by atoms with Crippen molar-refractivity contribution in [3.05, 3.63) is 12.4 Å². The van der Waals surface area contributed by atoms with E-state index in [4.69, 9.17) is 10.5 Å². The molecule has 0 saturated carbocycles. The predicted molar refractivity (Wildman–Crippen MR) is 52.9 cm³/mol. The standard InChI is InChI=1S/C8H11N3O2S/c9-7-8(11-2-1-10-7)14-6-4-13-3-5(6)12/h1-2,5-6,12H,3-4H2,(H2,9,10). The summed E-state index contributed by atoms with van der Waals surface area (Å²) in [5, 5.41) is 10.2. The molecule has 0 aromatic carbocycles. The number of aromatic nitrogens is 2. The molecule has 3 N–H and O–H groups in total. The van der Waals surface area contributed by atoms with Gasteiger partial charge in [0.15, 0.2) is 5.82 Å². The molecule has 14 heavy (non-hydrogen) atoms. The van der Waals surface area contributed by atoms with E-state index in [0.29, 0.717) is 24.1 Å². The summed E-state index contributed by atoms with van der Waals surface area (Å²) >= 11 is 1.41. The number of thioether (sulfide) groups is 1. The zero-order chi connectivity index (χ0) is 9.97. The van der Waals surface area contributed by atoms with Gasteiger partial charge in [0.1, 0.15) is 5.03 Å². The van der Waals surface area contributed by atoms with Crippen molar-refractivity contribution in [2.24, 2.45) is 0 Å². The minimum Gasteiger partial charge on any atom is -0.389 e. The smallest absolute Gasteiger partial charge is 0.156 e. The Kier molecular flexibility index (Phi) is 2.85. The van der Waals surface area contributed by atoms with Crippen LogP contribution < -0.4 is 5.73 Å². The molecule has 76 valence electrons. The van der Waals surface area contributed by atoms with Gasteiger partial charge >= 0.3 is 0 Å². The van der Waals surface area contributed by atoms with Crippen LogP contribution in [0, 0.1) is 0 Å². The van der Waals surface area contributed by atoms with Gasteiger partial charge < -0.3 is 15.6 Å². The number of hydrogen-bond donors (Lipinski definition) is 2. The fraction of sp³-hybridized carbons (Fsp3) is 0.500. The Labute approximate surface area is 85.7 Å². The van der Waals surface area contributed by atoms with Crippen LogP contribution in [-0.4, -0.2) is 39.6 Å². The number of nitrogen functional groups attached to an aromatic ring is 1. The Morgan fingerprint density at radius 2 is 2.21 bits per heavy atom. The highest BCUT2D eigenvalue weighted by molar-refractivity contribution is 8.00. The van der Waals surface area contributed by atoms with E-state index in [2.05, 4.69) is 9.97 Å². The number of ether oxygens (including phenoxy) is 1. The number of nitrogens with zero attached hydrogens (tertiary/aromatic N) is 2. The number of hydrogen-bond acceptors (Lipinski definition) is 6. The van der Waals surface area contributed by atoms with E-state index in [1.54, 1.807) is 12.4 Å². The van der Waals surface area contributed by atoms with Crippen LogP contribution >= 0.6 is 11.8 Å². The number of anilines is 1. The maximum atomic E-state index is 9.51. The third kappa shape index (κ3) is 1.97. The van der Waals surface area contributed by atoms with Crippen molar-refractivity contribution in [1.29, 1.82) is 0 Å². The molecule has 5 nitrogen and oxygen atoms in total. The highest BCUT2D eigenvalue weighted by Crippen LogP contribution is 2.29. The van der Waals surface area contributed by atoms with E-state index >= 15 is 0 Å². The van der Waals surface area contributed by atoms with Crippen LogP contribution in [0.3, 0.4) is 0 Å². The summed E-state index contributed by atoms with van der Waals surface area (Å²) in [4.78, 5) is 8.00. The lowest BCUT2D eigenvalue weighted by atomic mass is 10.3. The van der Waals surface area contributed by atoms with Crippen LogP contribution in [0.15, 0.2) is 17.4 Å². The molecule has 0 spiro atoms. The van der Waals surface area contributed by atoms with Crippen LogP contribution in [0.2, 0.25) is 0 Å². The van der Waals surface area contributed by atoms with E-state index in [9.17, 15) is 5.11 Å². The van der Waals surface area contributed by atoms with Crippen LogP contribution in [0.5, 0.6) is 0 Å². The van der Waals surface area contributed by atoms with Gasteiger partial charge in [-0.3, -0.25) is 0 Å². The second-order valence-electron chi connectivity index (χ2n) is 3.01. The highest BCUT2D eigenvalue weighted by atomic mass is 32.2. The van der Waals surface area contributed by atoms with Crippen molar-refractivity contribution in [2.75, 3.05) is 18.9 Å². The van der Waals surface area contributed by atoms with Crippen molar-refractivity contribution >= 4 is 17.6 Å². The first-order chi connectivity index (χ1) is 6.77. The van der Waals surface area contributed by atoms with Crippen LogP contribution in [-0.2, 0) is 4.74 Å². The van der Waals surface area contributed by atoms with Gasteiger partial charge in [0.25, 0.3) is 0 Å². The lowest BCUT2D eigenvalue weighted by molar-refractivity contribution is 0.127. The van der Waals surface area contributed by atoms with Gasteiger partial charge in [0, 0.05) is 12.4 Å². The number of rotatable bonds is 2. The van der Waals surface area contributed by atoms with Gasteiger partial charge in [-0.2, -0.15) is 0 Å². The molecule has 2 heterocycles. The summed E-state index contributed by atoms with van der Waals surface area (Å²) in [5.74, 6) is 0.400. The second-order valence-corrected chi connectivity index (χ2v) is 4.24. The molecule has 1 aliphatic heterocycles. The van der Waals surface area contributed by atoms with Gasteiger partial charge in [0.05, 0.1) is 24.6 Å². The molecule has 1 aromatic heterocycles. The SMILES string of the molecule is Nc1nccnc1SC1COCC1O. The van der Waals surface area contributed by atoms with E-state index in [-0.39, 0.29) is 5.25 Å². The predicted octanol–water partition coefficient (Wildman–Crippen LogP) is -0.0894. The fourth-order valence-corrected chi connectivity index (χ4v) is 2.19. The molecule has 2 atom stereocenters. The minimum absolute atomic E-state index is 0.00833. The van der Waals surface area contributed by atoms with Crippen molar-refractivity contribution in [1.82, 2.24) is 9.97 Å². The molecule has 2 unspecified atom stereocenters. The van der Waals surface area contributed by atoms with E-state index < -0.39 is 6.10 Å². The maximum absolute atomic E-state index is 9.51. The molecule has 2 rings (SSSR count). The molecular weight excluding hydrogens is 202 g/mol. The number of aliphatic hydroxyl groups excluding tert-OH is 1. The van der Waals surface area contributed by atoms with Crippen molar-refractivity contribution in [2.45, 2.75) is 16.4 Å². The zero-order valence-corrected chi connectivity index (χ0v) is 8.28. The monoisotopic (exact) mass is 213 g/mol. The van der Waals surface area contributed by atoms with Crippen molar-refractivity contribution < 1.29 is 9.84 Å². The summed E-state index contributed by atoms with van der Waals surface area (Å²) in [6.07, 6.45) is 2.68. The Hall–Kier alpha value is -0.850. The first-order valence-corrected chi connectivity index (χ1v) is 5.14. The Morgan fingerprint density at radius 1 is 1.43 bits per heavy atom. The summed E-state index contributed by atoms with van der Waals surface area (Å²) in [6, 6.07) is 0. The maximum Gasteiger partial charge on any atom is 0.156 e. The van der Waals surface area contributed by atoms with Crippen LogP contribution in [0.4, 0.5) is 5.82 Å². The van der Waals surface area contributed by atoms with Crippen LogP contribution in [0.1, 0.15) is 0 Å². The van der Waals surface area contributed by atoms with Crippen molar-refractivity contribution in [3.8, 4) is 0 Å². The third-order valence-electron chi connectivity index (χ3n) is 1.95. The van der Waals surface area contributed by atoms with E-state index in [1.165, 1.54) is 11.8 Å². The molecule has 1 aliphatic rings. The van der Waals surface area contributed by atoms with Gasteiger partial charge in [-0.05, 0) is 0 Å². The Morgan fingerprint density at radius 3 is 2.86 bits per heavy atom. The molecule has 0 amide bonds. The lowest BCUT2D eigenvalue weighted by Crippen LogP contribution is -2.20. The summed E-state index contributed by atoms with van der Waals surface area (Å²) in [6.45, 7) is 0.916. The molecule has 0 bridgehead atoms. The van der Waals surface area contributed by atoms with Gasteiger partial charge in [-0.1, -0.05) is 11.8 Å². The normalized spacial score (nSPS) is 26.6. The van der Waals surface area contributed by atoms with E-state index in [1.807, 2.05) is 0 Å².